The Balaban J connectivity index is 2.09. The number of aromatic nitrogens is 2. The molecule has 1 heterocycles. The lowest BCUT2D eigenvalue weighted by molar-refractivity contribution is 0.240. The minimum atomic E-state index is 0.246. The van der Waals surface area contributed by atoms with Gasteiger partial charge in [0, 0.05) is 13.0 Å². The smallest absolute Gasteiger partial charge is 0.264 e. The van der Waals surface area contributed by atoms with E-state index in [-0.39, 0.29) is 6.61 Å². The number of rotatable bonds is 6. The fourth-order valence-corrected chi connectivity index (χ4v) is 3.19. The van der Waals surface area contributed by atoms with Crippen LogP contribution >= 0.6 is 31.9 Å². The summed E-state index contributed by atoms with van der Waals surface area (Å²) in [5.74, 6) is 1.88. The standard InChI is InChI=1S/C13H15Br2N3O2/c1-3-11-17-12(20-18-11)7-19-13-9(14)4-8(6-16-2)5-10(13)15/h4-5,16H,3,6-7H2,1-2H3. The van der Waals surface area contributed by atoms with E-state index in [4.69, 9.17) is 9.26 Å². The lowest BCUT2D eigenvalue weighted by Gasteiger charge is -2.10. The highest BCUT2D eigenvalue weighted by Gasteiger charge is 2.11. The molecule has 0 bridgehead atoms. The number of nitrogens with one attached hydrogen (secondary N) is 1. The molecule has 0 amide bonds. The van der Waals surface area contributed by atoms with Crippen molar-refractivity contribution < 1.29 is 9.26 Å². The van der Waals surface area contributed by atoms with E-state index in [9.17, 15) is 0 Å². The molecule has 0 saturated heterocycles. The van der Waals surface area contributed by atoms with Gasteiger partial charge >= 0.3 is 0 Å². The first kappa shape index (κ1) is 15.5. The molecule has 0 aliphatic carbocycles. The van der Waals surface area contributed by atoms with Crippen molar-refractivity contribution in [3.8, 4) is 5.75 Å². The first-order valence-corrected chi connectivity index (χ1v) is 7.79. The van der Waals surface area contributed by atoms with Crippen molar-refractivity contribution in [2.24, 2.45) is 0 Å². The predicted molar refractivity (Wildman–Crippen MR) is 82.6 cm³/mol. The van der Waals surface area contributed by atoms with Crippen molar-refractivity contribution in [3.63, 3.8) is 0 Å². The van der Waals surface area contributed by atoms with Gasteiger partial charge in [-0.25, -0.2) is 0 Å². The SMILES string of the molecule is CCc1noc(COc2c(Br)cc(CNC)cc2Br)n1. The van der Waals surface area contributed by atoms with Gasteiger partial charge in [0.2, 0.25) is 0 Å². The molecule has 0 aliphatic rings. The summed E-state index contributed by atoms with van der Waals surface area (Å²) in [7, 11) is 1.91. The van der Waals surface area contributed by atoms with Crippen LogP contribution in [0.3, 0.4) is 0 Å². The molecule has 0 atom stereocenters. The van der Waals surface area contributed by atoms with E-state index in [2.05, 4.69) is 47.3 Å². The van der Waals surface area contributed by atoms with Gasteiger partial charge < -0.3 is 14.6 Å². The van der Waals surface area contributed by atoms with Gasteiger partial charge in [-0.15, -0.1) is 0 Å². The molecule has 0 radical (unpaired) electrons. The van der Waals surface area contributed by atoms with Crippen LogP contribution < -0.4 is 10.1 Å². The molecule has 1 N–H and O–H groups in total. The van der Waals surface area contributed by atoms with Crippen molar-refractivity contribution in [1.82, 2.24) is 15.5 Å². The van der Waals surface area contributed by atoms with Gasteiger partial charge in [0.15, 0.2) is 12.4 Å². The average Bonchev–Trinajstić information content (AvgIpc) is 2.86. The van der Waals surface area contributed by atoms with Crippen molar-refractivity contribution in [2.45, 2.75) is 26.5 Å². The molecule has 108 valence electrons. The summed E-state index contributed by atoms with van der Waals surface area (Å²) in [5.41, 5.74) is 1.16. The van der Waals surface area contributed by atoms with Gasteiger partial charge in [0.05, 0.1) is 8.95 Å². The number of hydrogen-bond acceptors (Lipinski definition) is 5. The van der Waals surface area contributed by atoms with Crippen LogP contribution in [-0.4, -0.2) is 17.2 Å². The molecule has 20 heavy (non-hydrogen) atoms. The van der Waals surface area contributed by atoms with Crippen LogP contribution in [0.2, 0.25) is 0 Å². The van der Waals surface area contributed by atoms with Crippen molar-refractivity contribution in [1.29, 1.82) is 0 Å². The largest absolute Gasteiger partial charge is 0.481 e. The monoisotopic (exact) mass is 403 g/mol. The number of nitrogens with zero attached hydrogens (tertiary/aromatic N) is 2. The average molecular weight is 405 g/mol. The van der Waals surface area contributed by atoms with Crippen LogP contribution in [0.5, 0.6) is 5.75 Å². The fraction of sp³-hybridized carbons (Fsp3) is 0.385. The van der Waals surface area contributed by atoms with Crippen LogP contribution in [0.25, 0.3) is 0 Å². The molecule has 0 spiro atoms. The van der Waals surface area contributed by atoms with Gasteiger partial charge in [-0.05, 0) is 56.6 Å². The Kier molecular flexibility index (Phi) is 5.56. The number of ether oxygens (including phenoxy) is 1. The molecule has 2 aromatic rings. The second-order valence-electron chi connectivity index (χ2n) is 4.17. The van der Waals surface area contributed by atoms with E-state index in [1.807, 2.05) is 26.1 Å². The number of halogens is 2. The molecule has 0 unspecified atom stereocenters. The minimum absolute atomic E-state index is 0.246. The topological polar surface area (TPSA) is 60.2 Å². The first-order valence-electron chi connectivity index (χ1n) is 6.20. The molecule has 0 fully saturated rings. The summed E-state index contributed by atoms with van der Waals surface area (Å²) in [5, 5.41) is 6.94. The second kappa shape index (κ2) is 7.19. The molecule has 1 aromatic heterocycles. The Morgan fingerprint density at radius 2 is 2.00 bits per heavy atom. The Labute approximate surface area is 134 Å². The van der Waals surface area contributed by atoms with Crippen LogP contribution in [0.1, 0.15) is 24.2 Å². The maximum atomic E-state index is 5.73. The molecule has 0 aliphatic heterocycles. The summed E-state index contributed by atoms with van der Waals surface area (Å²) in [6, 6.07) is 4.03. The third-order valence-corrected chi connectivity index (χ3v) is 3.78. The molecule has 1 aromatic carbocycles. The Hall–Kier alpha value is -0.920. The molecular weight excluding hydrogens is 390 g/mol. The van der Waals surface area contributed by atoms with Crippen molar-refractivity contribution in [3.05, 3.63) is 38.4 Å². The summed E-state index contributed by atoms with van der Waals surface area (Å²) in [6.07, 6.45) is 0.746. The minimum Gasteiger partial charge on any atom is -0.481 e. The Morgan fingerprint density at radius 3 is 2.55 bits per heavy atom. The van der Waals surface area contributed by atoms with Crippen LogP contribution in [0.4, 0.5) is 0 Å². The normalized spacial score (nSPS) is 10.8. The number of benzene rings is 1. The van der Waals surface area contributed by atoms with Gasteiger partial charge in [0.25, 0.3) is 5.89 Å². The van der Waals surface area contributed by atoms with Crippen molar-refractivity contribution >= 4 is 31.9 Å². The molecule has 2 rings (SSSR count). The zero-order valence-corrected chi connectivity index (χ0v) is 14.4. The molecule has 0 saturated carbocycles. The number of hydrogen-bond donors (Lipinski definition) is 1. The summed E-state index contributed by atoms with van der Waals surface area (Å²) >= 11 is 7.02. The molecular formula is C13H15Br2N3O2. The van der Waals surface area contributed by atoms with E-state index in [0.29, 0.717) is 11.7 Å². The van der Waals surface area contributed by atoms with E-state index in [0.717, 1.165) is 33.2 Å². The maximum absolute atomic E-state index is 5.73. The second-order valence-corrected chi connectivity index (χ2v) is 5.87. The number of aryl methyl sites for hydroxylation is 1. The summed E-state index contributed by atoms with van der Waals surface area (Å²) < 4.78 is 12.6. The third-order valence-electron chi connectivity index (χ3n) is 2.61. The summed E-state index contributed by atoms with van der Waals surface area (Å²) in [4.78, 5) is 4.21. The Morgan fingerprint density at radius 1 is 1.30 bits per heavy atom. The fourth-order valence-electron chi connectivity index (χ4n) is 1.68. The van der Waals surface area contributed by atoms with E-state index in [1.54, 1.807) is 0 Å². The van der Waals surface area contributed by atoms with Crippen LogP contribution in [0, 0.1) is 0 Å². The van der Waals surface area contributed by atoms with E-state index in [1.165, 1.54) is 0 Å². The summed E-state index contributed by atoms with van der Waals surface area (Å²) in [6.45, 7) is 3.01. The highest BCUT2D eigenvalue weighted by atomic mass is 79.9. The quantitative estimate of drug-likeness (QED) is 0.798. The van der Waals surface area contributed by atoms with Gasteiger partial charge in [0.1, 0.15) is 5.75 Å². The zero-order chi connectivity index (χ0) is 14.5. The van der Waals surface area contributed by atoms with Crippen LogP contribution in [0.15, 0.2) is 25.6 Å². The lowest BCUT2D eigenvalue weighted by Crippen LogP contribution is -2.05. The van der Waals surface area contributed by atoms with Gasteiger partial charge in [-0.3, -0.25) is 0 Å². The first-order chi connectivity index (χ1) is 9.63. The van der Waals surface area contributed by atoms with E-state index < -0.39 is 0 Å². The Bertz CT molecular complexity index is 564. The van der Waals surface area contributed by atoms with Gasteiger partial charge in [-0.2, -0.15) is 4.98 Å². The molecule has 5 nitrogen and oxygen atoms in total. The van der Waals surface area contributed by atoms with E-state index >= 15 is 0 Å². The predicted octanol–water partition coefficient (Wildman–Crippen LogP) is 3.46. The maximum Gasteiger partial charge on any atom is 0.264 e. The highest BCUT2D eigenvalue weighted by Crippen LogP contribution is 2.35. The molecule has 7 heteroatoms. The van der Waals surface area contributed by atoms with Gasteiger partial charge in [-0.1, -0.05) is 12.1 Å². The highest BCUT2D eigenvalue weighted by molar-refractivity contribution is 9.11. The lowest BCUT2D eigenvalue weighted by atomic mass is 10.2. The van der Waals surface area contributed by atoms with Crippen LogP contribution in [-0.2, 0) is 19.6 Å². The zero-order valence-electron chi connectivity index (χ0n) is 11.2. The third kappa shape index (κ3) is 3.80. The van der Waals surface area contributed by atoms with Crippen molar-refractivity contribution in [2.75, 3.05) is 7.05 Å².